The van der Waals surface area contributed by atoms with Crippen LogP contribution in [0.5, 0.6) is 5.75 Å². The largest absolute Gasteiger partial charge is 0.497 e. The third-order valence-electron chi connectivity index (χ3n) is 2.93. The lowest BCUT2D eigenvalue weighted by atomic mass is 10.1. The molecule has 0 saturated carbocycles. The Morgan fingerprint density at radius 1 is 1.21 bits per heavy atom. The molecule has 0 saturated heterocycles. The molecule has 0 aliphatic carbocycles. The summed E-state index contributed by atoms with van der Waals surface area (Å²) < 4.78 is 5.07. The van der Waals surface area contributed by atoms with Crippen LogP contribution in [0.15, 0.2) is 42.7 Å². The van der Waals surface area contributed by atoms with E-state index in [9.17, 15) is 4.79 Å². The number of fused-ring (bicyclic) bond motifs is 1. The highest BCUT2D eigenvalue weighted by molar-refractivity contribution is 6.14. The van der Waals surface area contributed by atoms with Crippen LogP contribution in [0, 0.1) is 0 Å². The summed E-state index contributed by atoms with van der Waals surface area (Å²) in [6, 6.07) is 8.72. The summed E-state index contributed by atoms with van der Waals surface area (Å²) in [7, 11) is 1.59. The zero-order valence-electron chi connectivity index (χ0n) is 10.3. The molecule has 5 nitrogen and oxygen atoms in total. The van der Waals surface area contributed by atoms with E-state index in [0.29, 0.717) is 17.0 Å². The van der Waals surface area contributed by atoms with E-state index in [0.717, 1.165) is 10.9 Å². The number of carbonyl (C=O) groups excluding carboxylic acids is 1. The van der Waals surface area contributed by atoms with Gasteiger partial charge in [0.15, 0.2) is 0 Å². The van der Waals surface area contributed by atoms with Crippen LogP contribution in [0.4, 0.5) is 0 Å². The van der Waals surface area contributed by atoms with Gasteiger partial charge < -0.3 is 4.74 Å². The van der Waals surface area contributed by atoms with Crippen LogP contribution in [0.2, 0.25) is 0 Å². The van der Waals surface area contributed by atoms with E-state index in [2.05, 4.69) is 15.2 Å². The minimum absolute atomic E-state index is 0.113. The molecule has 0 unspecified atom stereocenters. The van der Waals surface area contributed by atoms with Gasteiger partial charge in [0.05, 0.1) is 12.6 Å². The summed E-state index contributed by atoms with van der Waals surface area (Å²) in [6.45, 7) is 0. The van der Waals surface area contributed by atoms with Crippen LogP contribution < -0.4 is 4.74 Å². The first-order valence-corrected chi connectivity index (χ1v) is 5.76. The van der Waals surface area contributed by atoms with Gasteiger partial charge in [-0.2, -0.15) is 5.10 Å². The van der Waals surface area contributed by atoms with Crippen LogP contribution in [0.3, 0.4) is 0 Å². The molecule has 2 aromatic heterocycles. The van der Waals surface area contributed by atoms with E-state index in [1.165, 1.54) is 0 Å². The molecule has 0 aliphatic rings. The molecule has 0 spiro atoms. The zero-order chi connectivity index (χ0) is 13.2. The van der Waals surface area contributed by atoms with Crippen molar-refractivity contribution < 1.29 is 9.53 Å². The van der Waals surface area contributed by atoms with Gasteiger partial charge in [0.25, 0.3) is 0 Å². The molecule has 1 N–H and O–H groups in total. The number of nitrogens with zero attached hydrogens (tertiary/aromatic N) is 2. The van der Waals surface area contributed by atoms with Gasteiger partial charge in [0.1, 0.15) is 11.4 Å². The maximum absolute atomic E-state index is 12.4. The van der Waals surface area contributed by atoms with Gasteiger partial charge in [-0.3, -0.25) is 14.9 Å². The van der Waals surface area contributed by atoms with E-state index in [-0.39, 0.29) is 5.78 Å². The number of ketones is 1. The maximum atomic E-state index is 12.4. The number of aromatic nitrogens is 3. The fraction of sp³-hybridized carbons (Fsp3) is 0.0714. The summed E-state index contributed by atoms with van der Waals surface area (Å²) in [5, 5.41) is 7.58. The van der Waals surface area contributed by atoms with Crippen molar-refractivity contribution >= 4 is 16.7 Å². The molecular weight excluding hydrogens is 242 g/mol. The van der Waals surface area contributed by atoms with Crippen LogP contribution in [-0.4, -0.2) is 28.1 Å². The Bertz CT molecular complexity index is 732. The second kappa shape index (κ2) is 4.53. The number of carbonyl (C=O) groups is 1. The molecule has 0 atom stereocenters. The zero-order valence-corrected chi connectivity index (χ0v) is 10.3. The Kier molecular flexibility index (Phi) is 2.72. The monoisotopic (exact) mass is 253 g/mol. The van der Waals surface area contributed by atoms with Gasteiger partial charge >= 0.3 is 0 Å². The Morgan fingerprint density at radius 2 is 2.00 bits per heavy atom. The van der Waals surface area contributed by atoms with Crippen molar-refractivity contribution in [3.8, 4) is 5.75 Å². The Balaban J connectivity index is 2.03. The van der Waals surface area contributed by atoms with Gasteiger partial charge in [-0.15, -0.1) is 0 Å². The molecular formula is C14H11N3O2. The molecule has 0 fully saturated rings. The third-order valence-corrected chi connectivity index (χ3v) is 2.93. The van der Waals surface area contributed by atoms with Gasteiger partial charge in [-0.1, -0.05) is 0 Å². The fourth-order valence-electron chi connectivity index (χ4n) is 1.91. The van der Waals surface area contributed by atoms with Gasteiger partial charge in [0.2, 0.25) is 5.78 Å². The molecule has 0 aliphatic heterocycles. The predicted octanol–water partition coefficient (Wildman–Crippen LogP) is 2.20. The minimum Gasteiger partial charge on any atom is -0.497 e. The molecule has 1 aromatic carbocycles. The first-order chi connectivity index (χ1) is 9.29. The highest BCUT2D eigenvalue weighted by Gasteiger charge is 2.15. The molecule has 0 amide bonds. The van der Waals surface area contributed by atoms with Crippen molar-refractivity contribution in [1.82, 2.24) is 15.2 Å². The smallest absolute Gasteiger partial charge is 0.211 e. The Labute approximate surface area is 109 Å². The van der Waals surface area contributed by atoms with E-state index in [4.69, 9.17) is 4.74 Å². The molecule has 3 rings (SSSR count). The van der Waals surface area contributed by atoms with Crippen molar-refractivity contribution in [2.75, 3.05) is 7.11 Å². The van der Waals surface area contributed by atoms with E-state index < -0.39 is 0 Å². The first-order valence-electron chi connectivity index (χ1n) is 5.76. The lowest BCUT2D eigenvalue weighted by molar-refractivity contribution is 0.103. The van der Waals surface area contributed by atoms with Crippen LogP contribution in [0.25, 0.3) is 10.9 Å². The summed E-state index contributed by atoms with van der Waals surface area (Å²) in [5.41, 5.74) is 1.76. The number of nitrogens with one attached hydrogen (secondary N) is 1. The van der Waals surface area contributed by atoms with Crippen molar-refractivity contribution in [2.24, 2.45) is 0 Å². The van der Waals surface area contributed by atoms with E-state index in [1.807, 2.05) is 0 Å². The first kappa shape index (κ1) is 11.4. The second-order valence-electron chi connectivity index (χ2n) is 4.05. The predicted molar refractivity (Wildman–Crippen MR) is 70.3 cm³/mol. The Hall–Kier alpha value is -2.69. The molecule has 3 aromatic rings. The normalized spacial score (nSPS) is 10.6. The molecule has 5 heteroatoms. The number of H-pyrrole nitrogens is 1. The molecule has 0 radical (unpaired) electrons. The van der Waals surface area contributed by atoms with Crippen LogP contribution in [0.1, 0.15) is 16.1 Å². The number of pyridine rings is 1. The summed E-state index contributed by atoms with van der Waals surface area (Å²) >= 11 is 0. The summed E-state index contributed by atoms with van der Waals surface area (Å²) in [6.07, 6.45) is 3.28. The second-order valence-corrected chi connectivity index (χ2v) is 4.05. The summed E-state index contributed by atoms with van der Waals surface area (Å²) in [4.78, 5) is 16.4. The quantitative estimate of drug-likeness (QED) is 0.726. The average molecular weight is 253 g/mol. The lowest BCUT2D eigenvalue weighted by Crippen LogP contribution is -2.02. The minimum atomic E-state index is -0.113. The van der Waals surface area contributed by atoms with Gasteiger partial charge in [-0.25, -0.2) is 0 Å². The number of ether oxygens (including phenoxy) is 1. The van der Waals surface area contributed by atoms with Crippen LogP contribution >= 0.6 is 0 Å². The molecule has 19 heavy (non-hydrogen) atoms. The lowest BCUT2D eigenvalue weighted by Gasteiger charge is -2.01. The number of hydrogen-bond donors (Lipinski definition) is 1. The topological polar surface area (TPSA) is 67.9 Å². The number of hydrogen-bond acceptors (Lipinski definition) is 4. The standard InChI is InChI=1S/C14H11N3O2/c1-19-10-4-2-9(3-5-10)14(18)13-11-8-15-7-6-12(11)16-17-13/h2-8H,1H3,(H,16,17). The third kappa shape index (κ3) is 1.95. The SMILES string of the molecule is COc1ccc(C(=O)c2[nH]nc3ccncc23)cc1. The van der Waals surface area contributed by atoms with Crippen molar-refractivity contribution in [2.45, 2.75) is 0 Å². The van der Waals surface area contributed by atoms with Crippen molar-refractivity contribution in [3.05, 3.63) is 54.0 Å². The summed E-state index contributed by atoms with van der Waals surface area (Å²) in [5.74, 6) is 0.603. The van der Waals surface area contributed by atoms with E-state index in [1.54, 1.807) is 49.8 Å². The average Bonchev–Trinajstić information content (AvgIpc) is 2.90. The highest BCUT2D eigenvalue weighted by atomic mass is 16.5. The van der Waals surface area contributed by atoms with E-state index >= 15 is 0 Å². The Morgan fingerprint density at radius 3 is 2.74 bits per heavy atom. The van der Waals surface area contributed by atoms with Crippen molar-refractivity contribution in [3.63, 3.8) is 0 Å². The highest BCUT2D eigenvalue weighted by Crippen LogP contribution is 2.19. The molecule has 94 valence electrons. The van der Waals surface area contributed by atoms with Crippen molar-refractivity contribution in [1.29, 1.82) is 0 Å². The maximum Gasteiger partial charge on any atom is 0.211 e. The van der Waals surface area contributed by atoms with Gasteiger partial charge in [-0.05, 0) is 30.3 Å². The molecule has 2 heterocycles. The van der Waals surface area contributed by atoms with Crippen LogP contribution in [-0.2, 0) is 0 Å². The number of benzene rings is 1. The number of methoxy groups -OCH3 is 1. The van der Waals surface area contributed by atoms with Gasteiger partial charge in [0, 0.05) is 23.3 Å². The fourth-order valence-corrected chi connectivity index (χ4v) is 1.91. The number of rotatable bonds is 3. The number of aromatic amines is 1. The molecule has 0 bridgehead atoms.